The van der Waals surface area contributed by atoms with E-state index in [9.17, 15) is 9.90 Å². The molecule has 0 unspecified atom stereocenters. The molecule has 1 aromatic carbocycles. The van der Waals surface area contributed by atoms with E-state index in [0.717, 1.165) is 0 Å². The van der Waals surface area contributed by atoms with Crippen molar-refractivity contribution in [3.05, 3.63) is 22.7 Å². The molecule has 4 heteroatoms. The first-order valence-corrected chi connectivity index (χ1v) is 5.01. The van der Waals surface area contributed by atoms with Crippen LogP contribution in [0.5, 0.6) is 11.5 Å². The van der Waals surface area contributed by atoms with E-state index in [1.54, 1.807) is 0 Å². The first-order chi connectivity index (χ1) is 7.06. The summed E-state index contributed by atoms with van der Waals surface area (Å²) in [6.45, 7) is 5.40. The van der Waals surface area contributed by atoms with Crippen molar-refractivity contribution in [2.24, 2.45) is 0 Å². The van der Waals surface area contributed by atoms with Gasteiger partial charge in [0.25, 0.3) is 0 Å². The maximum atomic E-state index is 11.0. The summed E-state index contributed by atoms with van der Waals surface area (Å²) in [5.41, 5.74) is 0.344. The summed E-state index contributed by atoms with van der Waals surface area (Å²) >= 11 is 5.72. The summed E-state index contributed by atoms with van der Waals surface area (Å²) in [7, 11) is 1.41. The summed E-state index contributed by atoms with van der Waals surface area (Å²) in [6, 6.07) is 2.71. The van der Waals surface area contributed by atoms with Gasteiger partial charge in [-0.3, -0.25) is 4.79 Å². The number of rotatable bonds is 2. The van der Waals surface area contributed by atoms with Gasteiger partial charge in [-0.05, 0) is 13.0 Å². The smallest absolute Gasteiger partial charge is 0.161 e. The second-order valence-electron chi connectivity index (χ2n) is 2.56. The number of benzene rings is 1. The molecule has 0 amide bonds. The Labute approximate surface area is 94.6 Å². The third kappa shape index (κ3) is 3.44. The second kappa shape index (κ2) is 6.30. The van der Waals surface area contributed by atoms with Gasteiger partial charge < -0.3 is 9.84 Å². The molecule has 15 heavy (non-hydrogen) atoms. The van der Waals surface area contributed by atoms with Crippen molar-refractivity contribution in [3.63, 3.8) is 0 Å². The van der Waals surface area contributed by atoms with Crippen LogP contribution in [0.4, 0.5) is 0 Å². The van der Waals surface area contributed by atoms with Crippen LogP contribution >= 0.6 is 11.6 Å². The molecule has 0 aliphatic heterocycles. The van der Waals surface area contributed by atoms with E-state index in [2.05, 4.69) is 0 Å². The minimum absolute atomic E-state index is 0.0718. The van der Waals surface area contributed by atoms with Crippen molar-refractivity contribution < 1.29 is 14.6 Å². The Hall–Kier alpha value is -1.22. The number of methoxy groups -OCH3 is 1. The van der Waals surface area contributed by atoms with Crippen molar-refractivity contribution >= 4 is 17.4 Å². The Morgan fingerprint density at radius 3 is 2.33 bits per heavy atom. The van der Waals surface area contributed by atoms with E-state index < -0.39 is 0 Å². The molecule has 0 atom stereocenters. The van der Waals surface area contributed by atoms with E-state index in [1.165, 1.54) is 26.2 Å². The molecule has 1 aromatic rings. The van der Waals surface area contributed by atoms with Gasteiger partial charge in [0.1, 0.15) is 0 Å². The van der Waals surface area contributed by atoms with Crippen LogP contribution in [0.25, 0.3) is 0 Å². The maximum absolute atomic E-state index is 11.0. The molecular weight excluding hydrogens is 216 g/mol. The molecular formula is C11H15ClO3. The van der Waals surface area contributed by atoms with Crippen LogP contribution in [0.3, 0.4) is 0 Å². The predicted molar refractivity (Wildman–Crippen MR) is 61.0 cm³/mol. The molecule has 3 nitrogen and oxygen atoms in total. The van der Waals surface area contributed by atoms with Gasteiger partial charge in [-0.1, -0.05) is 25.4 Å². The number of aromatic hydroxyl groups is 1. The topological polar surface area (TPSA) is 46.5 Å². The van der Waals surface area contributed by atoms with Crippen LogP contribution in [-0.4, -0.2) is 18.0 Å². The van der Waals surface area contributed by atoms with Gasteiger partial charge >= 0.3 is 0 Å². The molecule has 0 radical (unpaired) electrons. The SMILES string of the molecule is CC.COc1cc(C(C)=O)c(Cl)cc1O. The number of Topliss-reactive ketones (excluding diaryl/α,β-unsaturated/α-hetero) is 1. The number of hydrogen-bond donors (Lipinski definition) is 1. The minimum atomic E-state index is -0.164. The van der Waals surface area contributed by atoms with Crippen molar-refractivity contribution in [2.45, 2.75) is 20.8 Å². The number of ether oxygens (including phenoxy) is 1. The first kappa shape index (κ1) is 13.8. The van der Waals surface area contributed by atoms with Gasteiger partial charge in [0.2, 0.25) is 0 Å². The van der Waals surface area contributed by atoms with Crippen molar-refractivity contribution in [1.82, 2.24) is 0 Å². The van der Waals surface area contributed by atoms with Crippen molar-refractivity contribution in [3.8, 4) is 11.5 Å². The van der Waals surface area contributed by atoms with E-state index >= 15 is 0 Å². The number of carbonyl (C=O) groups is 1. The monoisotopic (exact) mass is 230 g/mol. The largest absolute Gasteiger partial charge is 0.504 e. The number of phenols is 1. The van der Waals surface area contributed by atoms with Gasteiger partial charge in [-0.25, -0.2) is 0 Å². The Bertz CT molecular complexity index is 348. The fourth-order valence-corrected chi connectivity index (χ4v) is 1.27. The molecule has 1 N–H and O–H groups in total. The van der Waals surface area contributed by atoms with E-state index in [0.29, 0.717) is 5.56 Å². The normalized spacial score (nSPS) is 8.87. The minimum Gasteiger partial charge on any atom is -0.504 e. The standard InChI is InChI=1S/C9H9ClO3.C2H6/c1-5(11)6-3-9(13-2)8(12)4-7(6)10;1-2/h3-4,12H,1-2H3;1-2H3. The highest BCUT2D eigenvalue weighted by atomic mass is 35.5. The van der Waals surface area contributed by atoms with Crippen LogP contribution in [0, 0.1) is 0 Å². The van der Waals surface area contributed by atoms with Crippen molar-refractivity contribution in [2.75, 3.05) is 7.11 Å². The lowest BCUT2D eigenvalue weighted by Crippen LogP contribution is -1.95. The Balaban J connectivity index is 0.000000921. The van der Waals surface area contributed by atoms with Crippen LogP contribution in [0.1, 0.15) is 31.1 Å². The molecule has 0 aliphatic carbocycles. The van der Waals surface area contributed by atoms with Crippen LogP contribution in [0.2, 0.25) is 5.02 Å². The average molecular weight is 231 g/mol. The lowest BCUT2D eigenvalue weighted by atomic mass is 10.1. The summed E-state index contributed by atoms with van der Waals surface area (Å²) in [5, 5.41) is 9.50. The number of phenolic OH excluding ortho intramolecular Hbond substituents is 1. The van der Waals surface area contributed by atoms with Crippen LogP contribution in [-0.2, 0) is 0 Å². The van der Waals surface area contributed by atoms with Gasteiger partial charge in [0, 0.05) is 11.6 Å². The third-order valence-corrected chi connectivity index (χ3v) is 1.96. The molecule has 0 fully saturated rings. The molecule has 0 saturated heterocycles. The Kier molecular flexibility index (Phi) is 5.79. The van der Waals surface area contributed by atoms with Crippen molar-refractivity contribution in [1.29, 1.82) is 0 Å². The van der Waals surface area contributed by atoms with Gasteiger partial charge in [0.05, 0.1) is 12.1 Å². The lowest BCUT2D eigenvalue weighted by molar-refractivity contribution is 0.101. The van der Waals surface area contributed by atoms with Gasteiger partial charge in [-0.15, -0.1) is 0 Å². The van der Waals surface area contributed by atoms with Gasteiger partial charge in [0.15, 0.2) is 17.3 Å². The lowest BCUT2D eigenvalue weighted by Gasteiger charge is -2.06. The fourth-order valence-electron chi connectivity index (χ4n) is 0.976. The van der Waals surface area contributed by atoms with E-state index in [-0.39, 0.29) is 22.3 Å². The first-order valence-electron chi connectivity index (χ1n) is 4.63. The molecule has 0 saturated carbocycles. The quantitative estimate of drug-likeness (QED) is 0.793. The number of ketones is 1. The van der Waals surface area contributed by atoms with Gasteiger partial charge in [-0.2, -0.15) is 0 Å². The predicted octanol–water partition coefficient (Wildman–Crippen LogP) is 3.28. The zero-order valence-corrected chi connectivity index (χ0v) is 10.1. The molecule has 0 aliphatic rings. The Morgan fingerprint density at radius 2 is 1.93 bits per heavy atom. The number of hydrogen-bond acceptors (Lipinski definition) is 3. The zero-order chi connectivity index (χ0) is 12.0. The summed E-state index contributed by atoms with van der Waals surface area (Å²) < 4.78 is 4.83. The highest BCUT2D eigenvalue weighted by Crippen LogP contribution is 2.32. The second-order valence-corrected chi connectivity index (χ2v) is 2.97. The van der Waals surface area contributed by atoms with E-state index in [1.807, 2.05) is 13.8 Å². The molecule has 0 aromatic heterocycles. The van der Waals surface area contributed by atoms with Crippen LogP contribution in [0.15, 0.2) is 12.1 Å². The fraction of sp³-hybridized carbons (Fsp3) is 0.364. The third-order valence-electron chi connectivity index (χ3n) is 1.65. The maximum Gasteiger partial charge on any atom is 0.161 e. The van der Waals surface area contributed by atoms with Crippen LogP contribution < -0.4 is 4.74 Å². The molecule has 84 valence electrons. The summed E-state index contributed by atoms with van der Waals surface area (Å²) in [5.74, 6) is 0.00963. The molecule has 1 rings (SSSR count). The molecule has 0 bridgehead atoms. The average Bonchev–Trinajstić information content (AvgIpc) is 2.20. The molecule has 0 heterocycles. The molecule has 0 spiro atoms. The number of halogens is 1. The number of carbonyl (C=O) groups excluding carboxylic acids is 1. The summed E-state index contributed by atoms with van der Waals surface area (Å²) in [6.07, 6.45) is 0. The summed E-state index contributed by atoms with van der Waals surface area (Å²) in [4.78, 5) is 11.0. The highest BCUT2D eigenvalue weighted by molar-refractivity contribution is 6.34. The van der Waals surface area contributed by atoms with E-state index in [4.69, 9.17) is 16.3 Å². The zero-order valence-electron chi connectivity index (χ0n) is 9.30. The Morgan fingerprint density at radius 1 is 1.40 bits per heavy atom. The highest BCUT2D eigenvalue weighted by Gasteiger charge is 2.11.